The van der Waals surface area contributed by atoms with Crippen LogP contribution in [-0.4, -0.2) is 83.6 Å². The van der Waals surface area contributed by atoms with Gasteiger partial charge in [-0.1, -0.05) is 0 Å². The predicted molar refractivity (Wildman–Crippen MR) is 82.6 cm³/mol. The van der Waals surface area contributed by atoms with E-state index in [0.29, 0.717) is 27.7 Å². The lowest BCUT2D eigenvalue weighted by molar-refractivity contribution is -0.423. The van der Waals surface area contributed by atoms with E-state index >= 15 is 0 Å². The molecule has 0 aromatic carbocycles. The summed E-state index contributed by atoms with van der Waals surface area (Å²) in [5.41, 5.74) is -6.27. The lowest BCUT2D eigenvalue weighted by Crippen LogP contribution is -2.93. The largest absolute Gasteiger partial charge is 0.393 e. The third-order valence-electron chi connectivity index (χ3n) is 4.92. The molecular weight excluding hydrogens is 370 g/mol. The maximum atomic E-state index is 12.3. The van der Waals surface area contributed by atoms with E-state index in [1.807, 2.05) is 0 Å². The molecular formula is C14H19N3O10. The number of azide groups is 1. The van der Waals surface area contributed by atoms with E-state index in [1.54, 1.807) is 0 Å². The summed E-state index contributed by atoms with van der Waals surface area (Å²) < 4.78 is 4.79. The molecule has 5 atom stereocenters. The van der Waals surface area contributed by atoms with Crippen LogP contribution in [0.25, 0.3) is 10.4 Å². The van der Waals surface area contributed by atoms with Gasteiger partial charge in [-0.2, -0.15) is 0 Å². The van der Waals surface area contributed by atoms with Crippen molar-refractivity contribution in [1.82, 2.24) is 0 Å². The first-order chi connectivity index (χ1) is 12.1. The molecule has 5 N–H and O–H groups in total. The number of carbonyl (C=O) groups excluding carboxylic acids is 4. The number of carbonyl (C=O) groups is 4. The molecule has 1 saturated heterocycles. The Labute approximate surface area is 151 Å². The number of ether oxygens (including phenoxy) is 1. The van der Waals surface area contributed by atoms with Crippen LogP contribution in [-0.2, 0) is 23.9 Å². The fourth-order valence-electron chi connectivity index (χ4n) is 3.45. The minimum absolute atomic E-state index is 0.520. The highest BCUT2D eigenvalue weighted by atomic mass is 16.7. The summed E-state index contributed by atoms with van der Waals surface area (Å²) in [6.45, 7) is 0.648. The Morgan fingerprint density at radius 2 is 1.26 bits per heavy atom. The number of hydrogen-bond acceptors (Lipinski definition) is 11. The van der Waals surface area contributed by atoms with Gasteiger partial charge in [-0.3, -0.25) is 19.2 Å². The van der Waals surface area contributed by atoms with Gasteiger partial charge < -0.3 is 30.3 Å². The van der Waals surface area contributed by atoms with Gasteiger partial charge in [-0.25, -0.2) is 0 Å². The molecule has 0 amide bonds. The lowest BCUT2D eigenvalue weighted by Gasteiger charge is -2.62. The average molecular weight is 389 g/mol. The zero-order valence-corrected chi connectivity index (χ0v) is 14.8. The summed E-state index contributed by atoms with van der Waals surface area (Å²) >= 11 is 0. The topological polar surface area (TPSA) is 227 Å². The Hall–Kier alpha value is -2.25. The second kappa shape index (κ2) is 6.42. The smallest absolute Gasteiger partial charge is 0.288 e. The van der Waals surface area contributed by atoms with Crippen molar-refractivity contribution in [2.24, 2.45) is 5.11 Å². The van der Waals surface area contributed by atoms with Crippen LogP contribution in [0, 0.1) is 0 Å². The molecule has 0 bridgehead atoms. The highest BCUT2D eigenvalue weighted by molar-refractivity contribution is 6.09. The quantitative estimate of drug-likeness (QED) is 0.179. The molecule has 0 spiro atoms. The van der Waals surface area contributed by atoms with Crippen molar-refractivity contribution in [3.05, 3.63) is 10.4 Å². The van der Waals surface area contributed by atoms with Crippen LogP contribution in [0.4, 0.5) is 0 Å². The van der Waals surface area contributed by atoms with E-state index in [-0.39, 0.29) is 0 Å². The molecule has 0 radical (unpaired) electrons. The Balaban J connectivity index is 4.35. The minimum Gasteiger partial charge on any atom is -0.393 e. The van der Waals surface area contributed by atoms with Gasteiger partial charge in [0, 0.05) is 4.91 Å². The molecule has 13 heteroatoms. The van der Waals surface area contributed by atoms with Gasteiger partial charge in [-0.05, 0) is 38.3 Å². The summed E-state index contributed by atoms with van der Waals surface area (Å²) in [6.07, 6.45) is 0. The van der Waals surface area contributed by atoms with Crippen LogP contribution in [0.2, 0.25) is 0 Å². The molecule has 1 fully saturated rings. The Morgan fingerprint density at radius 1 is 0.852 bits per heavy atom. The lowest BCUT2D eigenvalue weighted by atomic mass is 9.55. The highest BCUT2D eigenvalue weighted by Crippen LogP contribution is 2.55. The molecule has 0 aromatic heterocycles. The van der Waals surface area contributed by atoms with E-state index in [0.717, 1.165) is 0 Å². The minimum atomic E-state index is -3.97. The number of ketones is 4. The molecule has 13 nitrogen and oxygen atoms in total. The Morgan fingerprint density at radius 3 is 1.52 bits per heavy atom. The van der Waals surface area contributed by atoms with Crippen molar-refractivity contribution >= 4 is 23.1 Å². The molecule has 1 aliphatic heterocycles. The second-order valence-electron chi connectivity index (χ2n) is 6.24. The number of aliphatic hydroxyl groups excluding tert-OH is 1. The van der Waals surface area contributed by atoms with Crippen LogP contribution in [0.3, 0.4) is 0 Å². The molecule has 1 heterocycles. The number of hydrogen-bond donors (Lipinski definition) is 5. The van der Waals surface area contributed by atoms with E-state index in [2.05, 4.69) is 10.0 Å². The average Bonchev–Trinajstić information content (AvgIpc) is 2.55. The maximum Gasteiger partial charge on any atom is 0.288 e. The van der Waals surface area contributed by atoms with E-state index < -0.39 is 58.1 Å². The van der Waals surface area contributed by atoms with Crippen molar-refractivity contribution in [2.45, 2.75) is 56.0 Å². The highest BCUT2D eigenvalue weighted by Gasteiger charge is 2.87. The van der Waals surface area contributed by atoms with E-state index in [4.69, 9.17) is 10.3 Å². The summed E-state index contributed by atoms with van der Waals surface area (Å²) in [4.78, 5) is 51.1. The monoisotopic (exact) mass is 389 g/mol. The van der Waals surface area contributed by atoms with Gasteiger partial charge >= 0.3 is 0 Å². The molecule has 1 rings (SSSR count). The van der Waals surface area contributed by atoms with Crippen molar-refractivity contribution in [3.8, 4) is 0 Å². The van der Waals surface area contributed by atoms with Crippen LogP contribution in [0.1, 0.15) is 27.7 Å². The van der Waals surface area contributed by atoms with E-state index in [1.165, 1.54) is 0 Å². The van der Waals surface area contributed by atoms with Crippen LogP contribution < -0.4 is 0 Å². The van der Waals surface area contributed by atoms with E-state index in [9.17, 15) is 44.7 Å². The fraction of sp³-hybridized carbons (Fsp3) is 0.714. The van der Waals surface area contributed by atoms with Crippen molar-refractivity contribution in [2.75, 3.05) is 6.61 Å². The number of Topliss-reactive ketones (excluding diaryl/α,β-unsaturated/α-hetero) is 4. The first-order valence-corrected chi connectivity index (χ1v) is 7.41. The number of aliphatic hydroxyl groups is 5. The second-order valence-corrected chi connectivity index (χ2v) is 6.24. The van der Waals surface area contributed by atoms with Gasteiger partial charge in [0.25, 0.3) is 5.91 Å². The van der Waals surface area contributed by atoms with Gasteiger partial charge in [0.15, 0.2) is 28.7 Å². The van der Waals surface area contributed by atoms with Gasteiger partial charge in [0.2, 0.25) is 16.8 Å². The predicted octanol–water partition coefficient (Wildman–Crippen LogP) is -2.75. The maximum absolute atomic E-state index is 12.3. The van der Waals surface area contributed by atoms with Gasteiger partial charge in [0.05, 0.1) is 6.61 Å². The third-order valence-corrected chi connectivity index (χ3v) is 4.92. The summed E-state index contributed by atoms with van der Waals surface area (Å²) in [5.74, 6) is -10.2. The zero-order valence-electron chi connectivity index (χ0n) is 14.8. The third kappa shape index (κ3) is 2.24. The summed E-state index contributed by atoms with van der Waals surface area (Å²) in [7, 11) is 0. The fourth-order valence-corrected chi connectivity index (χ4v) is 3.45. The molecule has 0 aliphatic carbocycles. The SMILES string of the molecule is CC(=O)[C@]1(O)[C@@](O)(C(C)=O)[C@](O)(C(C)=O)C(O)(N=[N+]=[N-])O[C@@]1(CO)C(C)=O. The normalized spacial score (nSPS) is 41.4. The molecule has 150 valence electrons. The van der Waals surface area contributed by atoms with Crippen molar-refractivity contribution in [3.63, 3.8) is 0 Å². The van der Waals surface area contributed by atoms with Crippen molar-refractivity contribution in [1.29, 1.82) is 0 Å². The molecule has 27 heavy (non-hydrogen) atoms. The van der Waals surface area contributed by atoms with Crippen molar-refractivity contribution < 1.29 is 49.4 Å². The van der Waals surface area contributed by atoms with Crippen LogP contribution in [0.15, 0.2) is 5.11 Å². The summed E-state index contributed by atoms with van der Waals surface area (Å²) in [5, 5.41) is 55.8. The van der Waals surface area contributed by atoms with Gasteiger partial charge in [0.1, 0.15) is 0 Å². The Bertz CT molecular complexity index is 779. The molecule has 0 aromatic rings. The first kappa shape index (κ1) is 22.8. The molecule has 1 unspecified atom stereocenters. The van der Waals surface area contributed by atoms with Gasteiger partial charge in [-0.15, -0.1) is 0 Å². The first-order valence-electron chi connectivity index (χ1n) is 7.41. The van der Waals surface area contributed by atoms with Crippen LogP contribution in [0.5, 0.6) is 0 Å². The Kier molecular flexibility index (Phi) is 5.42. The molecule has 0 saturated carbocycles. The standard InChI is InChI=1S/C14H19N3O10/c1-6(19)10(5-18)11(23,7(2)20)12(24,8(3)21)13(25,9(4)22)14(26,27-10)16-17-15/h18,23-26H,5H2,1-4H3/t10-,11+,12-,13+,14?/m0/s1. The number of rotatable bonds is 6. The molecule has 1 aliphatic rings. The zero-order chi connectivity index (χ0) is 21.6. The number of nitrogens with zero attached hydrogens (tertiary/aromatic N) is 3. The van der Waals surface area contributed by atoms with Crippen LogP contribution >= 0.6 is 0 Å². The summed E-state index contributed by atoms with van der Waals surface area (Å²) in [6, 6.07) is 0.